The van der Waals surface area contributed by atoms with Gasteiger partial charge in [-0.2, -0.15) is 0 Å². The fraction of sp³-hybridized carbons (Fsp3) is 0.125. The number of aromatic nitrogens is 3. The molecule has 2 aromatic carbocycles. The first-order valence-corrected chi connectivity index (χ1v) is 7.09. The molecule has 1 heterocycles. The molecule has 0 spiro atoms. The van der Waals surface area contributed by atoms with Crippen molar-refractivity contribution in [3.63, 3.8) is 0 Å². The van der Waals surface area contributed by atoms with E-state index in [1.165, 1.54) is 0 Å². The van der Waals surface area contributed by atoms with Crippen LogP contribution in [0.15, 0.2) is 42.6 Å². The molecule has 3 rings (SSSR count). The standard InChI is InChI=1S/C16H15ClN4O/c1-10-7-12(22-2)4-5-13(10)16-9-21(20-19-16)11-3-6-14(17)15(18)8-11/h3-9H,18H2,1-2H3. The summed E-state index contributed by atoms with van der Waals surface area (Å²) in [5, 5.41) is 8.91. The Hall–Kier alpha value is -2.53. The predicted molar refractivity (Wildman–Crippen MR) is 87.5 cm³/mol. The zero-order chi connectivity index (χ0) is 15.7. The molecule has 112 valence electrons. The van der Waals surface area contributed by atoms with E-state index < -0.39 is 0 Å². The Morgan fingerprint density at radius 3 is 2.68 bits per heavy atom. The molecular formula is C16H15ClN4O. The number of rotatable bonds is 3. The van der Waals surface area contributed by atoms with Crippen molar-refractivity contribution in [3.8, 4) is 22.7 Å². The lowest BCUT2D eigenvalue weighted by Crippen LogP contribution is -1.96. The van der Waals surface area contributed by atoms with Crippen molar-refractivity contribution in [3.05, 3.63) is 53.2 Å². The van der Waals surface area contributed by atoms with Gasteiger partial charge in [-0.1, -0.05) is 16.8 Å². The fourth-order valence-electron chi connectivity index (χ4n) is 2.24. The van der Waals surface area contributed by atoms with Gasteiger partial charge >= 0.3 is 0 Å². The first-order valence-electron chi connectivity index (χ1n) is 6.71. The Morgan fingerprint density at radius 2 is 2.00 bits per heavy atom. The van der Waals surface area contributed by atoms with Crippen LogP contribution in [0.25, 0.3) is 16.9 Å². The van der Waals surface area contributed by atoms with Crippen LogP contribution in [0.3, 0.4) is 0 Å². The molecular weight excluding hydrogens is 300 g/mol. The average molecular weight is 315 g/mol. The monoisotopic (exact) mass is 314 g/mol. The van der Waals surface area contributed by atoms with Crippen molar-refractivity contribution in [2.45, 2.75) is 6.92 Å². The van der Waals surface area contributed by atoms with Crippen LogP contribution < -0.4 is 10.5 Å². The number of hydrogen-bond acceptors (Lipinski definition) is 4. The van der Waals surface area contributed by atoms with Gasteiger partial charge in [-0.15, -0.1) is 5.10 Å². The van der Waals surface area contributed by atoms with E-state index in [4.69, 9.17) is 22.1 Å². The van der Waals surface area contributed by atoms with Gasteiger partial charge in [0.1, 0.15) is 11.4 Å². The quantitative estimate of drug-likeness (QED) is 0.752. The summed E-state index contributed by atoms with van der Waals surface area (Å²) in [5.74, 6) is 0.819. The third-order valence-electron chi connectivity index (χ3n) is 3.45. The van der Waals surface area contributed by atoms with Crippen LogP contribution in [0.5, 0.6) is 5.75 Å². The first kappa shape index (κ1) is 14.4. The van der Waals surface area contributed by atoms with Crippen LogP contribution in [0.4, 0.5) is 5.69 Å². The highest BCUT2D eigenvalue weighted by Crippen LogP contribution is 2.26. The van der Waals surface area contributed by atoms with E-state index in [0.29, 0.717) is 10.7 Å². The zero-order valence-electron chi connectivity index (χ0n) is 12.2. The van der Waals surface area contributed by atoms with Crippen molar-refractivity contribution >= 4 is 17.3 Å². The van der Waals surface area contributed by atoms with Gasteiger partial charge in [0.2, 0.25) is 0 Å². The van der Waals surface area contributed by atoms with Crippen LogP contribution in [-0.2, 0) is 0 Å². The minimum atomic E-state index is 0.511. The van der Waals surface area contributed by atoms with Gasteiger partial charge < -0.3 is 10.5 Å². The normalized spacial score (nSPS) is 10.7. The Kier molecular flexibility index (Phi) is 3.73. The lowest BCUT2D eigenvalue weighted by Gasteiger charge is -2.05. The van der Waals surface area contributed by atoms with E-state index >= 15 is 0 Å². The number of halogens is 1. The molecule has 3 aromatic rings. The molecule has 0 fully saturated rings. The van der Waals surface area contributed by atoms with Crippen LogP contribution in [0.1, 0.15) is 5.56 Å². The van der Waals surface area contributed by atoms with Crippen molar-refractivity contribution < 1.29 is 4.74 Å². The van der Waals surface area contributed by atoms with E-state index in [0.717, 1.165) is 28.3 Å². The van der Waals surface area contributed by atoms with Gasteiger partial charge in [0, 0.05) is 5.56 Å². The van der Waals surface area contributed by atoms with Gasteiger partial charge in [-0.25, -0.2) is 4.68 Å². The van der Waals surface area contributed by atoms with Crippen LogP contribution in [-0.4, -0.2) is 22.1 Å². The third kappa shape index (κ3) is 2.63. The van der Waals surface area contributed by atoms with Gasteiger partial charge in [0.05, 0.1) is 29.7 Å². The van der Waals surface area contributed by atoms with Crippen LogP contribution in [0.2, 0.25) is 5.02 Å². The number of methoxy groups -OCH3 is 1. The van der Waals surface area contributed by atoms with E-state index in [-0.39, 0.29) is 0 Å². The van der Waals surface area contributed by atoms with E-state index in [1.54, 1.807) is 23.9 Å². The summed E-state index contributed by atoms with van der Waals surface area (Å²) in [6, 6.07) is 11.2. The second-order valence-corrected chi connectivity index (χ2v) is 5.34. The molecule has 2 N–H and O–H groups in total. The summed E-state index contributed by atoms with van der Waals surface area (Å²) in [7, 11) is 1.65. The molecule has 6 heteroatoms. The summed E-state index contributed by atoms with van der Waals surface area (Å²) in [6.07, 6.45) is 1.86. The van der Waals surface area contributed by atoms with E-state index in [9.17, 15) is 0 Å². The lowest BCUT2D eigenvalue weighted by atomic mass is 10.1. The van der Waals surface area contributed by atoms with Crippen LogP contribution >= 0.6 is 11.6 Å². The number of ether oxygens (including phenoxy) is 1. The minimum absolute atomic E-state index is 0.511. The number of aryl methyl sites for hydroxylation is 1. The first-order chi connectivity index (χ1) is 10.6. The molecule has 0 saturated heterocycles. The molecule has 0 aliphatic heterocycles. The highest BCUT2D eigenvalue weighted by atomic mass is 35.5. The van der Waals surface area contributed by atoms with Crippen molar-refractivity contribution in [1.29, 1.82) is 0 Å². The van der Waals surface area contributed by atoms with E-state index in [1.807, 2.05) is 37.4 Å². The number of nitrogens with zero attached hydrogens (tertiary/aromatic N) is 3. The number of nitrogens with two attached hydrogens (primary N) is 1. The number of hydrogen-bond donors (Lipinski definition) is 1. The van der Waals surface area contributed by atoms with Crippen LogP contribution in [0, 0.1) is 6.92 Å². The van der Waals surface area contributed by atoms with Gasteiger partial charge in [-0.05, 0) is 48.9 Å². The maximum Gasteiger partial charge on any atom is 0.119 e. The van der Waals surface area contributed by atoms with E-state index in [2.05, 4.69) is 10.3 Å². The molecule has 0 aliphatic rings. The molecule has 0 saturated carbocycles. The van der Waals surface area contributed by atoms with Gasteiger partial charge in [0.25, 0.3) is 0 Å². The van der Waals surface area contributed by atoms with Gasteiger partial charge in [-0.3, -0.25) is 0 Å². The van der Waals surface area contributed by atoms with Gasteiger partial charge in [0.15, 0.2) is 0 Å². The molecule has 0 bridgehead atoms. The molecule has 0 amide bonds. The SMILES string of the molecule is COc1ccc(-c2cn(-c3ccc(Cl)c(N)c3)nn2)c(C)c1. The Labute approximate surface area is 133 Å². The smallest absolute Gasteiger partial charge is 0.119 e. The molecule has 22 heavy (non-hydrogen) atoms. The topological polar surface area (TPSA) is 66.0 Å². The second-order valence-electron chi connectivity index (χ2n) is 4.94. The number of nitrogen functional groups attached to an aromatic ring is 1. The molecule has 0 aliphatic carbocycles. The Morgan fingerprint density at radius 1 is 1.18 bits per heavy atom. The Balaban J connectivity index is 1.98. The molecule has 0 atom stereocenters. The number of benzene rings is 2. The Bertz CT molecular complexity index is 829. The highest BCUT2D eigenvalue weighted by Gasteiger charge is 2.09. The number of anilines is 1. The van der Waals surface area contributed by atoms with Crippen molar-refractivity contribution in [2.75, 3.05) is 12.8 Å². The molecule has 0 unspecified atom stereocenters. The zero-order valence-corrected chi connectivity index (χ0v) is 13.0. The summed E-state index contributed by atoms with van der Waals surface area (Å²) in [4.78, 5) is 0. The average Bonchev–Trinajstić information content (AvgIpc) is 2.99. The molecule has 5 nitrogen and oxygen atoms in total. The maximum atomic E-state index is 5.94. The summed E-state index contributed by atoms with van der Waals surface area (Å²) >= 11 is 5.94. The third-order valence-corrected chi connectivity index (χ3v) is 3.79. The van der Waals surface area contributed by atoms with Crippen molar-refractivity contribution in [1.82, 2.24) is 15.0 Å². The summed E-state index contributed by atoms with van der Waals surface area (Å²) in [6.45, 7) is 2.01. The largest absolute Gasteiger partial charge is 0.497 e. The summed E-state index contributed by atoms with van der Waals surface area (Å²) < 4.78 is 6.89. The highest BCUT2D eigenvalue weighted by molar-refractivity contribution is 6.33. The molecule has 0 radical (unpaired) electrons. The minimum Gasteiger partial charge on any atom is -0.497 e. The molecule has 1 aromatic heterocycles. The van der Waals surface area contributed by atoms with Crippen molar-refractivity contribution in [2.24, 2.45) is 0 Å². The fourth-order valence-corrected chi connectivity index (χ4v) is 2.36. The lowest BCUT2D eigenvalue weighted by molar-refractivity contribution is 0.414. The maximum absolute atomic E-state index is 5.94. The summed E-state index contributed by atoms with van der Waals surface area (Å²) in [5.41, 5.74) is 10.0. The second kappa shape index (κ2) is 5.69. The predicted octanol–water partition coefficient (Wildman–Crippen LogP) is 3.49.